The molecule has 9 heteroatoms. The van der Waals surface area contributed by atoms with E-state index >= 15 is 0 Å². The number of aromatic nitrogens is 2. The zero-order valence-corrected chi connectivity index (χ0v) is 19.5. The molecule has 1 aromatic heterocycles. The lowest BCUT2D eigenvalue weighted by Crippen LogP contribution is -2.36. The molecule has 0 spiro atoms. The van der Waals surface area contributed by atoms with E-state index in [-0.39, 0.29) is 17.1 Å². The lowest BCUT2D eigenvalue weighted by molar-refractivity contribution is -0.117. The third-order valence-electron chi connectivity index (χ3n) is 5.41. The number of ether oxygens (including phenoxy) is 1. The molecule has 3 aromatic rings. The van der Waals surface area contributed by atoms with Crippen LogP contribution in [0.1, 0.15) is 18.9 Å². The van der Waals surface area contributed by atoms with Crippen LogP contribution in [0.2, 0.25) is 0 Å². The average Bonchev–Trinajstić information content (AvgIpc) is 3.41. The van der Waals surface area contributed by atoms with Crippen molar-refractivity contribution >= 4 is 21.8 Å². The number of hydrogen-bond acceptors (Lipinski definition) is 6. The minimum atomic E-state index is -3.15. The molecule has 1 saturated heterocycles. The van der Waals surface area contributed by atoms with Gasteiger partial charge in [0.25, 0.3) is 5.91 Å². The number of nitrogens with one attached hydrogen (secondary N) is 1. The molecule has 1 atom stereocenters. The summed E-state index contributed by atoms with van der Waals surface area (Å²) in [6.45, 7) is 2.42. The van der Waals surface area contributed by atoms with Crippen LogP contribution in [0, 0.1) is 11.3 Å². The zero-order chi connectivity index (χ0) is 24.1. The van der Waals surface area contributed by atoms with Gasteiger partial charge >= 0.3 is 0 Å². The minimum Gasteiger partial charge on any atom is -0.494 e. The molecule has 1 amide bonds. The quantitative estimate of drug-likeness (QED) is 0.414. The molecule has 0 saturated carbocycles. The topological polar surface area (TPSA) is 114 Å². The molecule has 1 N–H and O–H groups in total. The van der Waals surface area contributed by atoms with Crippen LogP contribution in [-0.4, -0.2) is 48.3 Å². The smallest absolute Gasteiger partial charge is 0.262 e. The van der Waals surface area contributed by atoms with Crippen molar-refractivity contribution in [3.05, 3.63) is 71.9 Å². The Hall–Kier alpha value is -3.90. The number of sulfone groups is 1. The first-order valence-electron chi connectivity index (χ1n) is 10.9. The predicted octanol–water partition coefficient (Wildman–Crippen LogP) is 3.15. The largest absolute Gasteiger partial charge is 0.494 e. The van der Waals surface area contributed by atoms with Gasteiger partial charge in [0, 0.05) is 23.4 Å². The first-order valence-corrected chi connectivity index (χ1v) is 12.7. The van der Waals surface area contributed by atoms with Crippen LogP contribution in [0.4, 0.5) is 0 Å². The summed E-state index contributed by atoms with van der Waals surface area (Å²) in [5.74, 6) is 0.00278. The number of hydrogen-bond donors (Lipinski definition) is 1. The van der Waals surface area contributed by atoms with Gasteiger partial charge in [-0.3, -0.25) is 4.79 Å². The molecule has 8 nitrogen and oxygen atoms in total. The monoisotopic (exact) mass is 476 g/mol. The van der Waals surface area contributed by atoms with Crippen molar-refractivity contribution in [2.45, 2.75) is 19.4 Å². The first-order chi connectivity index (χ1) is 16.4. The molecule has 1 fully saturated rings. The predicted molar refractivity (Wildman–Crippen MR) is 129 cm³/mol. The third-order valence-corrected chi connectivity index (χ3v) is 7.18. The van der Waals surface area contributed by atoms with Gasteiger partial charge in [0.05, 0.1) is 23.8 Å². The maximum Gasteiger partial charge on any atom is 0.262 e. The van der Waals surface area contributed by atoms with E-state index < -0.39 is 21.8 Å². The van der Waals surface area contributed by atoms with Gasteiger partial charge in [0.15, 0.2) is 9.84 Å². The number of amides is 1. The Balaban J connectivity index is 1.72. The lowest BCUT2D eigenvalue weighted by atomic mass is 10.1. The van der Waals surface area contributed by atoms with Crippen molar-refractivity contribution in [1.29, 1.82) is 5.26 Å². The van der Waals surface area contributed by atoms with E-state index in [0.29, 0.717) is 30.0 Å². The summed E-state index contributed by atoms with van der Waals surface area (Å²) in [7, 11) is -3.15. The van der Waals surface area contributed by atoms with Crippen LogP contribution in [-0.2, 0) is 14.6 Å². The fourth-order valence-corrected chi connectivity index (χ4v) is 5.48. The fraction of sp³-hybridized carbons (Fsp3) is 0.240. The van der Waals surface area contributed by atoms with Crippen LogP contribution in [0.15, 0.2) is 66.4 Å². The second-order valence-corrected chi connectivity index (χ2v) is 10.1. The van der Waals surface area contributed by atoms with E-state index in [1.54, 1.807) is 10.9 Å². The Kier molecular flexibility index (Phi) is 6.80. The minimum absolute atomic E-state index is 0.0354. The molecule has 1 aliphatic rings. The van der Waals surface area contributed by atoms with E-state index in [1.807, 2.05) is 67.6 Å². The van der Waals surface area contributed by atoms with E-state index in [1.165, 1.54) is 6.08 Å². The maximum atomic E-state index is 12.8. The summed E-state index contributed by atoms with van der Waals surface area (Å²) in [4.78, 5) is 12.8. The SMILES string of the molecule is CCOc1cccc(-c2nn(-c3ccccc3)cc2C=C(C#N)C(=O)NC2CCS(=O)(=O)C2)c1. The second kappa shape index (κ2) is 9.93. The zero-order valence-electron chi connectivity index (χ0n) is 18.6. The Morgan fingerprint density at radius 2 is 2.06 bits per heavy atom. The number of nitrogens with zero attached hydrogens (tertiary/aromatic N) is 3. The lowest BCUT2D eigenvalue weighted by Gasteiger charge is -2.10. The van der Waals surface area contributed by atoms with E-state index in [9.17, 15) is 18.5 Å². The number of carbonyl (C=O) groups is 1. The van der Waals surface area contributed by atoms with Gasteiger partial charge in [0.2, 0.25) is 0 Å². The van der Waals surface area contributed by atoms with Crippen LogP contribution >= 0.6 is 0 Å². The van der Waals surface area contributed by atoms with E-state index in [4.69, 9.17) is 9.84 Å². The van der Waals surface area contributed by atoms with Crippen LogP contribution < -0.4 is 10.1 Å². The van der Waals surface area contributed by atoms with Crippen LogP contribution in [0.3, 0.4) is 0 Å². The van der Waals surface area contributed by atoms with Gasteiger partial charge in [-0.1, -0.05) is 30.3 Å². The van der Waals surface area contributed by atoms with Crippen molar-refractivity contribution in [2.75, 3.05) is 18.1 Å². The molecular formula is C25H24N4O4S. The molecule has 0 radical (unpaired) electrons. The highest BCUT2D eigenvalue weighted by atomic mass is 32.2. The molecule has 2 aromatic carbocycles. The summed E-state index contributed by atoms with van der Waals surface area (Å²) in [5, 5.41) is 17.1. The molecule has 0 aliphatic carbocycles. The highest BCUT2D eigenvalue weighted by Crippen LogP contribution is 2.28. The normalized spacial score (nSPS) is 17.2. The molecule has 174 valence electrons. The number of nitriles is 1. The van der Waals surface area contributed by atoms with Crippen molar-refractivity contribution in [1.82, 2.24) is 15.1 Å². The van der Waals surface area contributed by atoms with Crippen molar-refractivity contribution in [3.8, 4) is 28.8 Å². The Bertz CT molecular complexity index is 1370. The second-order valence-electron chi connectivity index (χ2n) is 7.92. The van der Waals surface area contributed by atoms with E-state index in [0.717, 1.165) is 11.3 Å². The van der Waals surface area contributed by atoms with Gasteiger partial charge < -0.3 is 10.1 Å². The summed E-state index contributed by atoms with van der Waals surface area (Å²) in [6, 6.07) is 18.4. The highest BCUT2D eigenvalue weighted by molar-refractivity contribution is 7.91. The number of para-hydroxylation sites is 1. The van der Waals surface area contributed by atoms with Gasteiger partial charge in [-0.2, -0.15) is 10.4 Å². The van der Waals surface area contributed by atoms with Gasteiger partial charge in [0.1, 0.15) is 23.1 Å². The molecule has 2 heterocycles. The van der Waals surface area contributed by atoms with Crippen LogP contribution in [0.5, 0.6) is 5.75 Å². The standard InChI is InChI=1S/C25H24N4O4S/c1-2-33-23-10-6-7-18(14-23)24-20(16-29(28-24)22-8-4-3-5-9-22)13-19(15-26)25(30)27-21-11-12-34(31,32)17-21/h3-10,13-14,16,21H,2,11-12,17H2,1H3,(H,27,30). The molecule has 34 heavy (non-hydrogen) atoms. The molecule has 0 bridgehead atoms. The third kappa shape index (κ3) is 5.35. The van der Waals surface area contributed by atoms with Crippen molar-refractivity contribution in [2.24, 2.45) is 0 Å². The Morgan fingerprint density at radius 1 is 1.26 bits per heavy atom. The molecule has 4 rings (SSSR count). The maximum absolute atomic E-state index is 12.8. The average molecular weight is 477 g/mol. The number of benzene rings is 2. The molecule has 1 aliphatic heterocycles. The Labute approximate surface area is 198 Å². The fourth-order valence-electron chi connectivity index (χ4n) is 3.81. The Morgan fingerprint density at radius 3 is 2.74 bits per heavy atom. The molecule has 1 unspecified atom stereocenters. The summed E-state index contributed by atoms with van der Waals surface area (Å²) < 4.78 is 30.7. The summed E-state index contributed by atoms with van der Waals surface area (Å²) >= 11 is 0. The van der Waals surface area contributed by atoms with Crippen molar-refractivity contribution < 1.29 is 17.9 Å². The van der Waals surface area contributed by atoms with Crippen LogP contribution in [0.25, 0.3) is 23.0 Å². The van der Waals surface area contributed by atoms with Crippen molar-refractivity contribution in [3.63, 3.8) is 0 Å². The van der Waals surface area contributed by atoms with Gasteiger partial charge in [-0.05, 0) is 43.7 Å². The summed E-state index contributed by atoms with van der Waals surface area (Å²) in [6.07, 6.45) is 3.57. The van der Waals surface area contributed by atoms with Gasteiger partial charge in [-0.25, -0.2) is 13.1 Å². The number of rotatable bonds is 7. The highest BCUT2D eigenvalue weighted by Gasteiger charge is 2.29. The van der Waals surface area contributed by atoms with Gasteiger partial charge in [-0.15, -0.1) is 0 Å². The number of carbonyl (C=O) groups excluding carboxylic acids is 1. The first kappa shape index (κ1) is 23.3. The molecular weight excluding hydrogens is 452 g/mol. The van der Waals surface area contributed by atoms with E-state index in [2.05, 4.69) is 5.32 Å². The summed E-state index contributed by atoms with van der Waals surface area (Å²) in [5.41, 5.74) is 2.62.